The average molecular weight is 248 g/mol. The van der Waals surface area contributed by atoms with Gasteiger partial charge in [0.2, 0.25) is 0 Å². The minimum Gasteiger partial charge on any atom is -0.399 e. The van der Waals surface area contributed by atoms with Crippen molar-refractivity contribution >= 4 is 16.5 Å². The Hall–Kier alpha value is -2.32. The lowest BCUT2D eigenvalue weighted by Crippen LogP contribution is -2.12. The normalized spacial score (nSPS) is 12.5. The molecule has 0 aliphatic heterocycles. The zero-order valence-corrected chi connectivity index (χ0v) is 10.6. The zero-order chi connectivity index (χ0) is 13.2. The minimum atomic E-state index is -0.133. The first-order valence-corrected chi connectivity index (χ1v) is 6.34. The van der Waals surface area contributed by atoms with Crippen molar-refractivity contribution in [3.05, 3.63) is 77.9 Å². The summed E-state index contributed by atoms with van der Waals surface area (Å²) in [6.45, 7) is 0. The van der Waals surface area contributed by atoms with E-state index in [1.165, 1.54) is 10.8 Å². The Morgan fingerprint density at radius 3 is 2.21 bits per heavy atom. The van der Waals surface area contributed by atoms with Crippen LogP contribution in [0.3, 0.4) is 0 Å². The monoisotopic (exact) mass is 248 g/mol. The molecule has 0 heterocycles. The van der Waals surface area contributed by atoms with Crippen molar-refractivity contribution in [1.29, 1.82) is 0 Å². The SMILES string of the molecule is Nc1ccc(C(N)c2cccc3ccccc23)cc1. The van der Waals surface area contributed by atoms with Crippen LogP contribution >= 0.6 is 0 Å². The summed E-state index contributed by atoms with van der Waals surface area (Å²) in [6, 6.07) is 22.2. The van der Waals surface area contributed by atoms with Gasteiger partial charge in [-0.25, -0.2) is 0 Å². The zero-order valence-electron chi connectivity index (χ0n) is 10.6. The summed E-state index contributed by atoms with van der Waals surface area (Å²) >= 11 is 0. The Morgan fingerprint density at radius 2 is 1.42 bits per heavy atom. The van der Waals surface area contributed by atoms with Gasteiger partial charge in [-0.3, -0.25) is 0 Å². The average Bonchev–Trinajstić information content (AvgIpc) is 2.47. The van der Waals surface area contributed by atoms with Crippen LogP contribution in [-0.4, -0.2) is 0 Å². The van der Waals surface area contributed by atoms with Crippen molar-refractivity contribution in [2.45, 2.75) is 6.04 Å². The van der Waals surface area contributed by atoms with E-state index >= 15 is 0 Å². The summed E-state index contributed by atoms with van der Waals surface area (Å²) in [6.07, 6.45) is 0. The lowest BCUT2D eigenvalue weighted by atomic mass is 9.94. The fraction of sp³-hybridized carbons (Fsp3) is 0.0588. The standard InChI is InChI=1S/C17H16N2/c18-14-10-8-13(9-11-14)17(19)16-7-3-5-12-4-1-2-6-15(12)16/h1-11,17H,18-19H2. The number of nitrogens with two attached hydrogens (primary N) is 2. The van der Waals surface area contributed by atoms with Crippen LogP contribution in [0.15, 0.2) is 66.7 Å². The van der Waals surface area contributed by atoms with Crippen LogP contribution in [0.25, 0.3) is 10.8 Å². The summed E-state index contributed by atoms with van der Waals surface area (Å²) in [5, 5.41) is 2.42. The molecule has 3 rings (SSSR count). The second-order valence-electron chi connectivity index (χ2n) is 4.71. The number of fused-ring (bicyclic) bond motifs is 1. The molecule has 0 aromatic heterocycles. The highest BCUT2D eigenvalue weighted by molar-refractivity contribution is 5.86. The molecule has 94 valence electrons. The van der Waals surface area contributed by atoms with Gasteiger partial charge in [-0.2, -0.15) is 0 Å². The van der Waals surface area contributed by atoms with E-state index in [1.807, 2.05) is 36.4 Å². The maximum absolute atomic E-state index is 6.39. The molecule has 3 aromatic carbocycles. The molecule has 0 aliphatic rings. The molecule has 0 fully saturated rings. The Balaban J connectivity index is 2.11. The van der Waals surface area contributed by atoms with E-state index in [0.29, 0.717) is 0 Å². The highest BCUT2D eigenvalue weighted by Gasteiger charge is 2.11. The largest absolute Gasteiger partial charge is 0.399 e. The second-order valence-corrected chi connectivity index (χ2v) is 4.71. The third-order valence-electron chi connectivity index (χ3n) is 3.45. The molecule has 0 bridgehead atoms. The molecule has 19 heavy (non-hydrogen) atoms. The first kappa shape index (κ1) is 11.8. The number of nitrogen functional groups attached to an aromatic ring is 1. The third-order valence-corrected chi connectivity index (χ3v) is 3.45. The van der Waals surface area contributed by atoms with E-state index < -0.39 is 0 Å². The fourth-order valence-electron chi connectivity index (χ4n) is 2.40. The fourth-order valence-corrected chi connectivity index (χ4v) is 2.40. The van der Waals surface area contributed by atoms with Crippen LogP contribution in [0.5, 0.6) is 0 Å². The van der Waals surface area contributed by atoms with Gasteiger partial charge in [0.05, 0.1) is 6.04 Å². The summed E-state index contributed by atoms with van der Waals surface area (Å²) in [7, 11) is 0. The van der Waals surface area contributed by atoms with Gasteiger partial charge < -0.3 is 11.5 Å². The maximum Gasteiger partial charge on any atom is 0.0557 e. The van der Waals surface area contributed by atoms with Gasteiger partial charge in [0.1, 0.15) is 0 Å². The van der Waals surface area contributed by atoms with E-state index in [0.717, 1.165) is 16.8 Å². The van der Waals surface area contributed by atoms with Crippen molar-refractivity contribution in [1.82, 2.24) is 0 Å². The molecule has 0 radical (unpaired) electrons. The molecule has 0 saturated heterocycles. The molecule has 0 amide bonds. The van der Waals surface area contributed by atoms with Gasteiger partial charge in [0, 0.05) is 5.69 Å². The Bertz CT molecular complexity index is 697. The molecule has 0 saturated carbocycles. The first-order chi connectivity index (χ1) is 9.25. The van der Waals surface area contributed by atoms with Crippen molar-refractivity contribution < 1.29 is 0 Å². The molecule has 0 spiro atoms. The Kier molecular flexibility index (Phi) is 2.94. The smallest absolute Gasteiger partial charge is 0.0557 e. The van der Waals surface area contributed by atoms with Gasteiger partial charge in [0.15, 0.2) is 0 Å². The molecule has 3 aromatic rings. The number of rotatable bonds is 2. The highest BCUT2D eigenvalue weighted by Crippen LogP contribution is 2.27. The summed E-state index contributed by atoms with van der Waals surface area (Å²) < 4.78 is 0. The molecule has 2 nitrogen and oxygen atoms in total. The van der Waals surface area contributed by atoms with E-state index in [4.69, 9.17) is 11.5 Å². The summed E-state index contributed by atoms with van der Waals surface area (Å²) in [5.74, 6) is 0. The summed E-state index contributed by atoms with van der Waals surface area (Å²) in [5.41, 5.74) is 15.1. The molecule has 1 unspecified atom stereocenters. The van der Waals surface area contributed by atoms with Crippen LogP contribution in [0, 0.1) is 0 Å². The van der Waals surface area contributed by atoms with Gasteiger partial charge in [0.25, 0.3) is 0 Å². The van der Waals surface area contributed by atoms with E-state index in [-0.39, 0.29) is 6.04 Å². The molecule has 4 N–H and O–H groups in total. The van der Waals surface area contributed by atoms with Crippen molar-refractivity contribution in [2.75, 3.05) is 5.73 Å². The van der Waals surface area contributed by atoms with Gasteiger partial charge in [-0.1, -0.05) is 54.6 Å². The second kappa shape index (κ2) is 4.75. The van der Waals surface area contributed by atoms with Crippen molar-refractivity contribution in [3.63, 3.8) is 0 Å². The quantitative estimate of drug-likeness (QED) is 0.682. The predicted molar refractivity (Wildman–Crippen MR) is 80.8 cm³/mol. The van der Waals surface area contributed by atoms with Crippen LogP contribution < -0.4 is 11.5 Å². The molecular formula is C17H16N2. The maximum atomic E-state index is 6.39. The lowest BCUT2D eigenvalue weighted by Gasteiger charge is -2.15. The topological polar surface area (TPSA) is 52.0 Å². The molecule has 0 aliphatic carbocycles. The predicted octanol–water partition coefficient (Wildman–Crippen LogP) is 3.47. The van der Waals surface area contributed by atoms with Crippen LogP contribution in [0.1, 0.15) is 17.2 Å². The number of hydrogen-bond donors (Lipinski definition) is 2. The molecule has 1 atom stereocenters. The van der Waals surface area contributed by atoms with Crippen molar-refractivity contribution in [3.8, 4) is 0 Å². The number of anilines is 1. The van der Waals surface area contributed by atoms with Crippen LogP contribution in [-0.2, 0) is 0 Å². The van der Waals surface area contributed by atoms with Crippen LogP contribution in [0.4, 0.5) is 5.69 Å². The van der Waals surface area contributed by atoms with E-state index in [2.05, 4.69) is 30.3 Å². The number of hydrogen-bond acceptors (Lipinski definition) is 2. The third kappa shape index (κ3) is 2.18. The lowest BCUT2D eigenvalue weighted by molar-refractivity contribution is 0.881. The summed E-state index contributed by atoms with van der Waals surface area (Å²) in [4.78, 5) is 0. The van der Waals surface area contributed by atoms with E-state index in [9.17, 15) is 0 Å². The van der Waals surface area contributed by atoms with Gasteiger partial charge in [-0.15, -0.1) is 0 Å². The minimum absolute atomic E-state index is 0.133. The Labute approximate surface area is 112 Å². The van der Waals surface area contributed by atoms with E-state index in [1.54, 1.807) is 0 Å². The van der Waals surface area contributed by atoms with Crippen LogP contribution in [0.2, 0.25) is 0 Å². The first-order valence-electron chi connectivity index (χ1n) is 6.34. The molecule has 2 heteroatoms. The number of benzene rings is 3. The van der Waals surface area contributed by atoms with Crippen molar-refractivity contribution in [2.24, 2.45) is 5.73 Å². The van der Waals surface area contributed by atoms with Gasteiger partial charge in [-0.05, 0) is 34.0 Å². The Morgan fingerprint density at radius 1 is 0.737 bits per heavy atom. The van der Waals surface area contributed by atoms with Gasteiger partial charge >= 0.3 is 0 Å². The highest BCUT2D eigenvalue weighted by atomic mass is 14.6. The molecular weight excluding hydrogens is 232 g/mol.